The maximum Gasteiger partial charge on any atom is 0.297 e. The average Bonchev–Trinajstić information content (AvgIpc) is 3.06. The fourth-order valence-corrected chi connectivity index (χ4v) is 8.50. The summed E-state index contributed by atoms with van der Waals surface area (Å²) in [5.41, 5.74) is -3.67. The van der Waals surface area contributed by atoms with E-state index < -0.39 is 96.6 Å². The van der Waals surface area contributed by atoms with E-state index in [1.54, 1.807) is 18.2 Å². The Labute approximate surface area is 280 Å². The fourth-order valence-electron chi connectivity index (χ4n) is 6.77. The van der Waals surface area contributed by atoms with E-state index in [1.807, 2.05) is 0 Å². The summed E-state index contributed by atoms with van der Waals surface area (Å²) >= 11 is 4.03. The number of hydrogen-bond acceptors (Lipinski definition) is 12. The molecule has 0 spiro atoms. The monoisotopic (exact) mass is 699 g/mol. The van der Waals surface area contributed by atoms with Crippen LogP contribution in [0, 0.1) is 0 Å². The standard InChI is InChI=1S/C33H34NO12PS/c1-15-28(36)19(34-47(42,43)16-7-4-3-5-8-16)11-23(45-15)46-21-13-33(41,22(35)14-48)12-18-25(21)32(40)27-26(30(18)38)29(37)17-9-6-10-20(44-2)24(17)31(27)39/h3-10,15,19,21,23,28,36,38,40-41,48H,11-14H2,1-2H3,(H2,34,42,43)/t15?,19?,21-,23?,28?,33-/m0/s1. The number of phenols is 2. The van der Waals surface area contributed by atoms with Crippen LogP contribution >= 0.6 is 20.1 Å². The van der Waals surface area contributed by atoms with Gasteiger partial charge in [0.05, 0.1) is 53.2 Å². The highest BCUT2D eigenvalue weighted by Crippen LogP contribution is 2.52. The summed E-state index contributed by atoms with van der Waals surface area (Å²) in [7, 11) is -2.86. The molecule has 1 aliphatic heterocycles. The Bertz CT molecular complexity index is 1870. The molecule has 6 N–H and O–H groups in total. The van der Waals surface area contributed by atoms with E-state index in [2.05, 4.69) is 17.7 Å². The number of ketones is 3. The van der Waals surface area contributed by atoms with E-state index in [4.69, 9.17) is 14.2 Å². The zero-order chi connectivity index (χ0) is 34.7. The van der Waals surface area contributed by atoms with Gasteiger partial charge in [0.1, 0.15) is 22.8 Å². The number of ether oxygens (including phenoxy) is 3. The molecule has 48 heavy (non-hydrogen) atoms. The first kappa shape index (κ1) is 34.3. The molecule has 0 amide bonds. The average molecular weight is 700 g/mol. The van der Waals surface area contributed by atoms with Gasteiger partial charge >= 0.3 is 0 Å². The Morgan fingerprint density at radius 1 is 1.06 bits per heavy atom. The maximum atomic E-state index is 13.9. The van der Waals surface area contributed by atoms with Gasteiger partial charge in [0.25, 0.3) is 7.52 Å². The molecule has 254 valence electrons. The number of Topliss-reactive ketones (excluding diaryl/α,β-unsaturated/α-hetero) is 1. The number of nitrogens with one attached hydrogen (secondary N) is 1. The van der Waals surface area contributed by atoms with Crippen LogP contribution in [0.15, 0.2) is 48.5 Å². The largest absolute Gasteiger partial charge is 0.507 e. The quantitative estimate of drug-likeness (QED) is 0.0800. The molecule has 5 unspecified atom stereocenters. The SMILES string of the molecule is COc1cccc2c1C(=O)c1c(O)c3c(c(O)c1C2=O)C[C@@](O)(C(=O)CS)C[C@@H]3OC1CC(NP(=O)(O)c2ccccc2)C(O)C(C)O1. The second kappa shape index (κ2) is 12.7. The van der Waals surface area contributed by atoms with E-state index in [0.29, 0.717) is 0 Å². The number of methoxy groups -OCH3 is 1. The summed E-state index contributed by atoms with van der Waals surface area (Å²) in [5, 5.41) is 48.5. The molecule has 2 aliphatic carbocycles. The van der Waals surface area contributed by atoms with Crippen molar-refractivity contribution in [3.8, 4) is 17.2 Å². The summed E-state index contributed by atoms with van der Waals surface area (Å²) in [6, 6.07) is 11.1. The number of phenolic OH excluding ortho intramolecular Hbond substituents is 2. The van der Waals surface area contributed by atoms with Crippen molar-refractivity contribution in [3.05, 3.63) is 81.9 Å². The first-order valence-corrected chi connectivity index (χ1v) is 17.4. The van der Waals surface area contributed by atoms with Gasteiger partial charge in [-0.25, -0.2) is 5.09 Å². The Morgan fingerprint density at radius 2 is 1.75 bits per heavy atom. The van der Waals surface area contributed by atoms with Gasteiger partial charge in [-0.1, -0.05) is 30.3 Å². The summed E-state index contributed by atoms with van der Waals surface area (Å²) in [6.45, 7) is 1.52. The van der Waals surface area contributed by atoms with Crippen molar-refractivity contribution in [2.75, 3.05) is 12.9 Å². The zero-order valence-electron chi connectivity index (χ0n) is 25.8. The molecule has 0 saturated carbocycles. The molecular weight excluding hydrogens is 665 g/mol. The van der Waals surface area contributed by atoms with Crippen molar-refractivity contribution in [1.82, 2.24) is 5.09 Å². The molecule has 3 aromatic carbocycles. The molecule has 13 nitrogen and oxygen atoms in total. The van der Waals surface area contributed by atoms with E-state index in [0.717, 1.165) is 0 Å². The van der Waals surface area contributed by atoms with Crippen molar-refractivity contribution in [2.45, 2.75) is 62.4 Å². The lowest BCUT2D eigenvalue weighted by Gasteiger charge is -2.43. The van der Waals surface area contributed by atoms with Crippen LogP contribution in [0.3, 0.4) is 0 Å². The molecule has 6 rings (SSSR count). The van der Waals surface area contributed by atoms with Crippen molar-refractivity contribution in [1.29, 1.82) is 0 Å². The smallest absolute Gasteiger partial charge is 0.297 e. The topological polar surface area (TPSA) is 209 Å². The van der Waals surface area contributed by atoms with Gasteiger partial charge in [-0.2, -0.15) is 12.6 Å². The maximum absolute atomic E-state index is 13.9. The molecule has 1 fully saturated rings. The molecule has 0 radical (unpaired) electrons. The van der Waals surface area contributed by atoms with Crippen LogP contribution in [0.2, 0.25) is 0 Å². The van der Waals surface area contributed by atoms with Crippen molar-refractivity contribution < 1.29 is 58.5 Å². The van der Waals surface area contributed by atoms with Gasteiger partial charge in [-0.3, -0.25) is 18.9 Å². The van der Waals surface area contributed by atoms with Gasteiger partial charge in [-0.05, 0) is 25.1 Å². The van der Waals surface area contributed by atoms with E-state index in [1.165, 1.54) is 44.4 Å². The predicted molar refractivity (Wildman–Crippen MR) is 173 cm³/mol. The number of carbonyl (C=O) groups is 3. The molecular formula is C33H34NO12PS. The molecule has 1 heterocycles. The third-order valence-corrected chi connectivity index (χ3v) is 11.2. The van der Waals surface area contributed by atoms with Crippen LogP contribution in [-0.4, -0.2) is 85.7 Å². The van der Waals surface area contributed by atoms with Gasteiger partial charge < -0.3 is 39.5 Å². The van der Waals surface area contributed by atoms with Crippen LogP contribution in [0.4, 0.5) is 0 Å². The number of aromatic hydroxyl groups is 2. The van der Waals surface area contributed by atoms with Crippen molar-refractivity contribution >= 4 is 42.8 Å². The van der Waals surface area contributed by atoms with Gasteiger partial charge in [0.15, 0.2) is 17.9 Å². The number of hydrogen-bond donors (Lipinski definition) is 7. The van der Waals surface area contributed by atoms with Crippen LogP contribution in [0.5, 0.6) is 17.2 Å². The summed E-state index contributed by atoms with van der Waals surface area (Å²) in [5.74, 6) is -4.01. The van der Waals surface area contributed by atoms with Crippen LogP contribution < -0.4 is 15.1 Å². The Kier molecular flexibility index (Phi) is 9.07. The molecule has 0 bridgehead atoms. The van der Waals surface area contributed by atoms with E-state index in [9.17, 15) is 44.3 Å². The molecule has 3 aliphatic rings. The lowest BCUT2D eigenvalue weighted by Crippen LogP contribution is -2.54. The number of rotatable bonds is 8. The lowest BCUT2D eigenvalue weighted by atomic mass is 9.72. The van der Waals surface area contributed by atoms with E-state index >= 15 is 0 Å². The number of benzene rings is 3. The Morgan fingerprint density at radius 3 is 2.42 bits per heavy atom. The number of aliphatic hydroxyl groups is 2. The number of thiol groups is 1. The first-order chi connectivity index (χ1) is 22.7. The number of fused-ring (bicyclic) bond motifs is 3. The van der Waals surface area contributed by atoms with Gasteiger partial charge in [0, 0.05) is 42.0 Å². The summed E-state index contributed by atoms with van der Waals surface area (Å²) in [6.07, 6.45) is -6.05. The fraction of sp³-hybridized carbons (Fsp3) is 0.364. The highest BCUT2D eigenvalue weighted by atomic mass is 32.1. The Hall–Kier alpha value is -3.59. The van der Waals surface area contributed by atoms with Crippen LogP contribution in [0.1, 0.15) is 68.8 Å². The molecule has 3 aromatic rings. The predicted octanol–water partition coefficient (Wildman–Crippen LogP) is 2.08. The highest BCUT2D eigenvalue weighted by Gasteiger charge is 2.50. The first-order valence-electron chi connectivity index (χ1n) is 15.1. The van der Waals surface area contributed by atoms with Crippen molar-refractivity contribution in [2.24, 2.45) is 0 Å². The minimum atomic E-state index is -4.18. The van der Waals surface area contributed by atoms with Crippen molar-refractivity contribution in [3.63, 3.8) is 0 Å². The van der Waals surface area contributed by atoms with E-state index in [-0.39, 0.29) is 45.5 Å². The molecule has 7 atom stereocenters. The molecule has 15 heteroatoms. The summed E-state index contributed by atoms with van der Waals surface area (Å²) < 4.78 is 30.7. The summed E-state index contributed by atoms with van der Waals surface area (Å²) in [4.78, 5) is 51.4. The zero-order valence-corrected chi connectivity index (χ0v) is 27.6. The normalized spacial score (nSPS) is 27.8. The minimum Gasteiger partial charge on any atom is -0.507 e. The third-order valence-electron chi connectivity index (χ3n) is 9.21. The Balaban J connectivity index is 1.42. The van der Waals surface area contributed by atoms with Crippen LogP contribution in [0.25, 0.3) is 0 Å². The van der Waals surface area contributed by atoms with Gasteiger partial charge in [-0.15, -0.1) is 0 Å². The minimum absolute atomic E-state index is 0.0647. The third kappa shape index (κ3) is 5.65. The van der Waals surface area contributed by atoms with Crippen LogP contribution in [-0.2, 0) is 25.3 Å². The highest BCUT2D eigenvalue weighted by molar-refractivity contribution is 7.81. The number of aliphatic hydroxyl groups excluding tert-OH is 1. The molecule has 1 saturated heterocycles. The molecule has 0 aromatic heterocycles. The second-order valence-corrected chi connectivity index (χ2v) is 14.4. The van der Waals surface area contributed by atoms with Gasteiger partial charge in [0.2, 0.25) is 5.78 Å². The second-order valence-electron chi connectivity index (χ2n) is 12.1. The number of carbonyl (C=O) groups excluding carboxylic acids is 3. The lowest BCUT2D eigenvalue weighted by molar-refractivity contribution is -0.248.